The summed E-state index contributed by atoms with van der Waals surface area (Å²) in [5, 5.41) is 0. The molecule has 1 heterocycles. The summed E-state index contributed by atoms with van der Waals surface area (Å²) in [6.45, 7) is 4.01. The standard InChI is InChI=1S/C17H19N3S/c1-12-6-5-7-13(17(18)21)16(12)20-11-10-19(2)14-8-3-4-9-15(14)20/h3-9H,10-11H2,1-2H3,(H2,18,21). The van der Waals surface area contributed by atoms with Crippen LogP contribution < -0.4 is 15.5 Å². The highest BCUT2D eigenvalue weighted by molar-refractivity contribution is 7.80. The minimum atomic E-state index is 0.449. The summed E-state index contributed by atoms with van der Waals surface area (Å²) >= 11 is 5.24. The first-order valence-electron chi connectivity index (χ1n) is 7.06. The third kappa shape index (κ3) is 2.36. The van der Waals surface area contributed by atoms with Gasteiger partial charge in [-0.05, 0) is 30.7 Å². The fraction of sp³-hybridized carbons (Fsp3) is 0.235. The highest BCUT2D eigenvalue weighted by atomic mass is 32.1. The number of nitrogens with zero attached hydrogens (tertiary/aromatic N) is 2. The van der Waals surface area contributed by atoms with Gasteiger partial charge in [-0.15, -0.1) is 0 Å². The Morgan fingerprint density at radius 3 is 2.48 bits per heavy atom. The Kier molecular flexibility index (Phi) is 3.55. The van der Waals surface area contributed by atoms with Crippen LogP contribution in [0.5, 0.6) is 0 Å². The lowest BCUT2D eigenvalue weighted by Gasteiger charge is -2.38. The van der Waals surface area contributed by atoms with Crippen LogP contribution in [0.15, 0.2) is 42.5 Å². The lowest BCUT2D eigenvalue weighted by Crippen LogP contribution is -2.37. The second-order valence-corrected chi connectivity index (χ2v) is 5.84. The third-order valence-electron chi connectivity index (χ3n) is 4.02. The Morgan fingerprint density at radius 2 is 1.76 bits per heavy atom. The van der Waals surface area contributed by atoms with Crippen LogP contribution in [-0.4, -0.2) is 25.1 Å². The van der Waals surface area contributed by atoms with Crippen molar-refractivity contribution in [3.05, 3.63) is 53.6 Å². The maximum absolute atomic E-state index is 5.93. The molecule has 0 atom stereocenters. The van der Waals surface area contributed by atoms with Crippen molar-refractivity contribution in [1.82, 2.24) is 0 Å². The molecule has 0 saturated carbocycles. The predicted octanol–water partition coefficient (Wildman–Crippen LogP) is 3.22. The zero-order chi connectivity index (χ0) is 15.0. The molecule has 0 aromatic heterocycles. The monoisotopic (exact) mass is 297 g/mol. The van der Waals surface area contributed by atoms with Gasteiger partial charge >= 0.3 is 0 Å². The Balaban J connectivity index is 2.19. The Bertz CT molecular complexity index is 696. The van der Waals surface area contributed by atoms with E-state index in [0.717, 1.165) is 24.3 Å². The van der Waals surface area contributed by atoms with Crippen molar-refractivity contribution in [2.75, 3.05) is 29.9 Å². The number of hydrogen-bond donors (Lipinski definition) is 1. The summed E-state index contributed by atoms with van der Waals surface area (Å²) in [5.41, 5.74) is 11.6. The maximum Gasteiger partial charge on any atom is 0.106 e. The van der Waals surface area contributed by atoms with Crippen LogP contribution in [0.1, 0.15) is 11.1 Å². The molecule has 0 aliphatic carbocycles. The molecule has 108 valence electrons. The average Bonchev–Trinajstić information content (AvgIpc) is 2.48. The minimum absolute atomic E-state index is 0.449. The van der Waals surface area contributed by atoms with Gasteiger partial charge in [0.2, 0.25) is 0 Å². The van der Waals surface area contributed by atoms with Crippen LogP contribution in [0.4, 0.5) is 17.1 Å². The van der Waals surface area contributed by atoms with E-state index >= 15 is 0 Å². The zero-order valence-electron chi connectivity index (χ0n) is 12.3. The van der Waals surface area contributed by atoms with Gasteiger partial charge in [-0.3, -0.25) is 0 Å². The van der Waals surface area contributed by atoms with Gasteiger partial charge in [0.25, 0.3) is 0 Å². The van der Waals surface area contributed by atoms with Crippen molar-refractivity contribution < 1.29 is 0 Å². The summed E-state index contributed by atoms with van der Waals surface area (Å²) in [4.78, 5) is 5.06. The van der Waals surface area contributed by atoms with Crippen molar-refractivity contribution in [2.24, 2.45) is 5.73 Å². The van der Waals surface area contributed by atoms with Gasteiger partial charge in [0, 0.05) is 25.7 Å². The first kappa shape index (κ1) is 13.9. The zero-order valence-corrected chi connectivity index (χ0v) is 13.2. The number of para-hydroxylation sites is 3. The number of rotatable bonds is 2. The molecule has 3 nitrogen and oxygen atoms in total. The lowest BCUT2D eigenvalue weighted by molar-refractivity contribution is 0.820. The smallest absolute Gasteiger partial charge is 0.106 e. The molecule has 0 radical (unpaired) electrons. The minimum Gasteiger partial charge on any atom is -0.389 e. The molecule has 0 amide bonds. The molecule has 1 aliphatic heterocycles. The van der Waals surface area contributed by atoms with Crippen LogP contribution in [-0.2, 0) is 0 Å². The van der Waals surface area contributed by atoms with Gasteiger partial charge in [0.15, 0.2) is 0 Å². The predicted molar refractivity (Wildman–Crippen MR) is 93.8 cm³/mol. The van der Waals surface area contributed by atoms with E-state index in [-0.39, 0.29) is 0 Å². The first-order valence-corrected chi connectivity index (χ1v) is 7.47. The highest BCUT2D eigenvalue weighted by Crippen LogP contribution is 2.39. The van der Waals surface area contributed by atoms with Crippen LogP contribution in [0.2, 0.25) is 0 Å². The second kappa shape index (κ2) is 5.37. The number of fused-ring (bicyclic) bond motifs is 1. The van der Waals surface area contributed by atoms with Crippen LogP contribution in [0.25, 0.3) is 0 Å². The summed E-state index contributed by atoms with van der Waals surface area (Å²) in [6, 6.07) is 14.6. The van der Waals surface area contributed by atoms with Crippen molar-refractivity contribution in [2.45, 2.75) is 6.92 Å². The Morgan fingerprint density at radius 1 is 1.05 bits per heavy atom. The van der Waals surface area contributed by atoms with Gasteiger partial charge in [0.05, 0.1) is 17.1 Å². The van der Waals surface area contributed by atoms with E-state index in [1.165, 1.54) is 16.9 Å². The number of aryl methyl sites for hydroxylation is 1. The number of thiocarbonyl (C=S) groups is 1. The Labute approximate surface area is 131 Å². The normalized spacial score (nSPS) is 14.0. The molecule has 0 saturated heterocycles. The summed E-state index contributed by atoms with van der Waals surface area (Å²) in [6.07, 6.45) is 0. The molecule has 21 heavy (non-hydrogen) atoms. The number of likely N-dealkylation sites (N-methyl/N-ethyl adjacent to an activating group) is 1. The summed E-state index contributed by atoms with van der Waals surface area (Å²) < 4.78 is 0. The third-order valence-corrected chi connectivity index (χ3v) is 4.24. The van der Waals surface area contributed by atoms with Gasteiger partial charge in [-0.25, -0.2) is 0 Å². The number of benzene rings is 2. The molecule has 3 rings (SSSR count). The largest absolute Gasteiger partial charge is 0.389 e. The van der Waals surface area contributed by atoms with Gasteiger partial charge in [0.1, 0.15) is 4.99 Å². The fourth-order valence-electron chi connectivity index (χ4n) is 2.95. The van der Waals surface area contributed by atoms with E-state index in [9.17, 15) is 0 Å². The van der Waals surface area contributed by atoms with Gasteiger partial charge in [-0.1, -0.05) is 36.5 Å². The highest BCUT2D eigenvalue weighted by Gasteiger charge is 2.24. The Hall–Kier alpha value is -2.07. The quantitative estimate of drug-likeness (QED) is 0.863. The number of hydrogen-bond acceptors (Lipinski definition) is 3. The van der Waals surface area contributed by atoms with Crippen molar-refractivity contribution in [1.29, 1.82) is 0 Å². The molecule has 0 unspecified atom stereocenters. The average molecular weight is 297 g/mol. The van der Waals surface area contributed by atoms with E-state index in [2.05, 4.69) is 54.1 Å². The van der Waals surface area contributed by atoms with Gasteiger partial charge < -0.3 is 15.5 Å². The molecule has 2 N–H and O–H groups in total. The van der Waals surface area contributed by atoms with E-state index in [1.807, 2.05) is 12.1 Å². The molecule has 2 aromatic rings. The number of anilines is 3. The van der Waals surface area contributed by atoms with Crippen LogP contribution in [0.3, 0.4) is 0 Å². The summed E-state index contributed by atoms with van der Waals surface area (Å²) in [5.74, 6) is 0. The van der Waals surface area contributed by atoms with E-state index < -0.39 is 0 Å². The SMILES string of the molecule is Cc1cccc(C(N)=S)c1N1CCN(C)c2ccccc21. The van der Waals surface area contributed by atoms with Crippen LogP contribution in [0, 0.1) is 6.92 Å². The molecule has 0 fully saturated rings. The maximum atomic E-state index is 5.93. The van der Waals surface area contributed by atoms with Crippen LogP contribution >= 0.6 is 12.2 Å². The molecular formula is C17H19N3S. The first-order chi connectivity index (χ1) is 10.1. The molecular weight excluding hydrogens is 278 g/mol. The molecule has 0 bridgehead atoms. The van der Waals surface area contributed by atoms with Gasteiger partial charge in [-0.2, -0.15) is 0 Å². The molecule has 0 spiro atoms. The van der Waals surface area contributed by atoms with E-state index in [4.69, 9.17) is 18.0 Å². The van der Waals surface area contributed by atoms with Crippen molar-refractivity contribution in [3.63, 3.8) is 0 Å². The van der Waals surface area contributed by atoms with E-state index in [1.54, 1.807) is 0 Å². The summed E-state index contributed by atoms with van der Waals surface area (Å²) in [7, 11) is 2.13. The fourth-order valence-corrected chi connectivity index (χ4v) is 3.12. The molecule has 1 aliphatic rings. The lowest BCUT2D eigenvalue weighted by atomic mass is 10.0. The molecule has 4 heteroatoms. The van der Waals surface area contributed by atoms with Crippen molar-refractivity contribution in [3.8, 4) is 0 Å². The second-order valence-electron chi connectivity index (χ2n) is 5.40. The number of nitrogens with two attached hydrogens (primary N) is 1. The van der Waals surface area contributed by atoms with Crippen molar-refractivity contribution >= 4 is 34.3 Å². The topological polar surface area (TPSA) is 32.5 Å². The van der Waals surface area contributed by atoms with E-state index in [0.29, 0.717) is 4.99 Å². The molecule has 2 aromatic carbocycles.